The minimum absolute atomic E-state index is 0.281. The van der Waals surface area contributed by atoms with Crippen molar-refractivity contribution in [2.24, 2.45) is 0 Å². The van der Waals surface area contributed by atoms with Crippen molar-refractivity contribution in [1.82, 2.24) is 0 Å². The second-order valence-electron chi connectivity index (χ2n) is 1.83. The molecule has 0 aromatic heterocycles. The summed E-state index contributed by atoms with van der Waals surface area (Å²) in [4.78, 5) is 0. The van der Waals surface area contributed by atoms with Crippen LogP contribution in [0.1, 0.15) is 12.8 Å². The van der Waals surface area contributed by atoms with Crippen LogP contribution < -0.4 is 0 Å². The largest absolute Gasteiger partial charge is 0.522 e. The third-order valence-corrected chi connectivity index (χ3v) is 0.832. The van der Waals surface area contributed by atoms with E-state index in [1.54, 1.807) is 0 Å². The monoisotopic (exact) mass is 178 g/mol. The van der Waals surface area contributed by atoms with Gasteiger partial charge in [-0.3, -0.25) is 4.74 Å². The third-order valence-electron chi connectivity index (χ3n) is 0.832. The Labute approximate surface area is 60.1 Å². The summed E-state index contributed by atoms with van der Waals surface area (Å²) in [6.07, 6.45) is -8.11. The van der Waals surface area contributed by atoms with Crippen LogP contribution in [0.5, 0.6) is 0 Å². The van der Waals surface area contributed by atoms with Gasteiger partial charge in [0.25, 0.3) is 0 Å². The highest BCUT2D eigenvalue weighted by Gasteiger charge is 2.28. The quantitative estimate of drug-likeness (QED) is 0.474. The minimum atomic E-state index is -4.71. The van der Waals surface area contributed by atoms with Crippen molar-refractivity contribution >= 4 is 0 Å². The molecule has 0 fully saturated rings. The van der Waals surface area contributed by atoms with Gasteiger partial charge in [-0.1, -0.05) is 0 Å². The lowest BCUT2D eigenvalue weighted by Gasteiger charge is -2.05. The van der Waals surface area contributed by atoms with Crippen molar-refractivity contribution in [3.8, 4) is 0 Å². The molecular formula is C5H7F5O. The van der Waals surface area contributed by atoms with E-state index in [4.69, 9.17) is 0 Å². The second kappa shape index (κ2) is 4.48. The van der Waals surface area contributed by atoms with E-state index in [1.165, 1.54) is 0 Å². The van der Waals surface area contributed by atoms with E-state index >= 15 is 0 Å². The van der Waals surface area contributed by atoms with Gasteiger partial charge in [-0.25, -0.2) is 8.78 Å². The van der Waals surface area contributed by atoms with Crippen LogP contribution in [0.15, 0.2) is 0 Å². The van der Waals surface area contributed by atoms with Gasteiger partial charge in [-0.2, -0.15) is 0 Å². The molecule has 0 aliphatic rings. The van der Waals surface area contributed by atoms with E-state index in [1.807, 2.05) is 0 Å². The van der Waals surface area contributed by atoms with Crippen LogP contribution in [0.25, 0.3) is 0 Å². The molecule has 0 N–H and O–H groups in total. The molecule has 68 valence electrons. The molecule has 0 heterocycles. The first-order valence-electron chi connectivity index (χ1n) is 2.90. The van der Waals surface area contributed by atoms with Crippen molar-refractivity contribution in [3.05, 3.63) is 0 Å². The molecule has 0 aromatic carbocycles. The summed E-state index contributed by atoms with van der Waals surface area (Å²) in [6, 6.07) is 0. The number of ether oxygens (including phenoxy) is 1. The maximum Gasteiger partial charge on any atom is 0.522 e. The van der Waals surface area contributed by atoms with Crippen LogP contribution in [0.3, 0.4) is 0 Å². The van der Waals surface area contributed by atoms with Crippen LogP contribution in [-0.4, -0.2) is 19.4 Å². The third kappa shape index (κ3) is 9.61. The van der Waals surface area contributed by atoms with Gasteiger partial charge in [0.05, 0.1) is 6.61 Å². The Hall–Kier alpha value is -0.390. The van der Waals surface area contributed by atoms with Crippen molar-refractivity contribution in [1.29, 1.82) is 0 Å². The molecular weight excluding hydrogens is 171 g/mol. The Morgan fingerprint density at radius 1 is 1.18 bits per heavy atom. The molecule has 0 atom stereocenters. The number of hydrogen-bond donors (Lipinski definition) is 0. The number of rotatable bonds is 4. The average Bonchev–Trinajstić information content (AvgIpc) is 1.78. The number of halogens is 5. The Kier molecular flexibility index (Phi) is 4.32. The summed E-state index contributed by atoms with van der Waals surface area (Å²) in [5, 5.41) is 0. The van der Waals surface area contributed by atoms with Crippen molar-refractivity contribution < 1.29 is 26.7 Å². The highest BCUT2D eigenvalue weighted by molar-refractivity contribution is 4.41. The highest BCUT2D eigenvalue weighted by atomic mass is 19.4. The van der Waals surface area contributed by atoms with Crippen LogP contribution in [-0.2, 0) is 4.74 Å². The van der Waals surface area contributed by atoms with Crippen LogP contribution in [0.4, 0.5) is 22.0 Å². The molecule has 1 nitrogen and oxygen atoms in total. The molecule has 6 heteroatoms. The minimum Gasteiger partial charge on any atom is -0.292 e. The van der Waals surface area contributed by atoms with Gasteiger partial charge in [-0.05, 0) is 6.42 Å². The van der Waals surface area contributed by atoms with Gasteiger partial charge in [0, 0.05) is 6.42 Å². The van der Waals surface area contributed by atoms with Gasteiger partial charge in [-0.15, -0.1) is 13.2 Å². The zero-order chi connectivity index (χ0) is 8.91. The molecule has 11 heavy (non-hydrogen) atoms. The molecule has 0 unspecified atom stereocenters. The Bertz CT molecular complexity index is 99.5. The summed E-state index contributed by atoms with van der Waals surface area (Å²) in [5.74, 6) is 0. The fourth-order valence-electron chi connectivity index (χ4n) is 0.426. The predicted octanol–water partition coefficient (Wildman–Crippen LogP) is 2.57. The van der Waals surface area contributed by atoms with Crippen LogP contribution in [0.2, 0.25) is 0 Å². The van der Waals surface area contributed by atoms with E-state index in [2.05, 4.69) is 4.74 Å². The summed E-state index contributed by atoms with van der Waals surface area (Å²) in [7, 11) is 0. The lowest BCUT2D eigenvalue weighted by molar-refractivity contribution is -0.325. The molecule has 0 saturated heterocycles. The van der Waals surface area contributed by atoms with Gasteiger partial charge < -0.3 is 0 Å². The van der Waals surface area contributed by atoms with E-state index in [0.717, 1.165) is 0 Å². The van der Waals surface area contributed by atoms with Crippen LogP contribution >= 0.6 is 0 Å². The number of alkyl halides is 5. The Morgan fingerprint density at radius 3 is 2.09 bits per heavy atom. The highest BCUT2D eigenvalue weighted by Crippen LogP contribution is 2.16. The fraction of sp³-hybridized carbons (Fsp3) is 1.00. The smallest absolute Gasteiger partial charge is 0.292 e. The van der Waals surface area contributed by atoms with E-state index in [9.17, 15) is 22.0 Å². The predicted molar refractivity (Wildman–Crippen MR) is 27.2 cm³/mol. The SMILES string of the molecule is FC(F)CCCOC(F)(F)F. The fourth-order valence-corrected chi connectivity index (χ4v) is 0.426. The number of hydrogen-bond acceptors (Lipinski definition) is 1. The maximum atomic E-state index is 11.3. The Balaban J connectivity index is 3.15. The lowest BCUT2D eigenvalue weighted by Crippen LogP contribution is -2.14. The van der Waals surface area contributed by atoms with Crippen LogP contribution in [0, 0.1) is 0 Å². The van der Waals surface area contributed by atoms with Crippen molar-refractivity contribution in [3.63, 3.8) is 0 Å². The lowest BCUT2D eigenvalue weighted by atomic mass is 10.3. The summed E-state index contributed by atoms with van der Waals surface area (Å²) in [5.41, 5.74) is 0. The zero-order valence-electron chi connectivity index (χ0n) is 5.50. The first kappa shape index (κ1) is 10.6. The molecule has 0 rings (SSSR count). The standard InChI is InChI=1S/C5H7F5O/c6-4(7)2-1-3-11-5(8,9)10/h4H,1-3H2. The second-order valence-corrected chi connectivity index (χ2v) is 1.83. The Morgan fingerprint density at radius 2 is 1.73 bits per heavy atom. The summed E-state index contributed by atoms with van der Waals surface area (Å²) >= 11 is 0. The molecule has 0 aliphatic heterocycles. The van der Waals surface area contributed by atoms with Gasteiger partial charge in [0.1, 0.15) is 0 Å². The molecule has 0 radical (unpaired) electrons. The van der Waals surface area contributed by atoms with E-state index < -0.39 is 25.8 Å². The van der Waals surface area contributed by atoms with Crippen molar-refractivity contribution in [2.45, 2.75) is 25.6 Å². The molecule has 0 amide bonds. The van der Waals surface area contributed by atoms with Gasteiger partial charge in [0.2, 0.25) is 6.43 Å². The molecule has 0 aliphatic carbocycles. The van der Waals surface area contributed by atoms with E-state index in [0.29, 0.717) is 0 Å². The summed E-state index contributed by atoms with van der Waals surface area (Å²) < 4.78 is 59.4. The van der Waals surface area contributed by atoms with Crippen molar-refractivity contribution in [2.75, 3.05) is 6.61 Å². The normalized spacial score (nSPS) is 12.5. The average molecular weight is 178 g/mol. The molecule has 0 aromatic rings. The van der Waals surface area contributed by atoms with Gasteiger partial charge in [0.15, 0.2) is 0 Å². The first-order chi connectivity index (χ1) is 4.92. The molecule has 0 spiro atoms. The van der Waals surface area contributed by atoms with Gasteiger partial charge >= 0.3 is 6.36 Å². The molecule has 0 bridgehead atoms. The topological polar surface area (TPSA) is 9.23 Å². The first-order valence-corrected chi connectivity index (χ1v) is 2.90. The summed E-state index contributed by atoms with van der Waals surface area (Å²) in [6.45, 7) is -0.701. The van der Waals surface area contributed by atoms with E-state index in [-0.39, 0.29) is 6.42 Å². The zero-order valence-corrected chi connectivity index (χ0v) is 5.50. The molecule has 0 saturated carbocycles. The maximum absolute atomic E-state index is 11.3.